The van der Waals surface area contributed by atoms with Gasteiger partial charge in [0.2, 0.25) is 0 Å². The molecule has 2 aromatic carbocycles. The molecule has 3 nitrogen and oxygen atoms in total. The van der Waals surface area contributed by atoms with E-state index in [1.807, 2.05) is 69.3 Å². The maximum atomic E-state index is 9.37. The third-order valence-electron chi connectivity index (χ3n) is 3.08. The average molecular weight is 280 g/mol. The summed E-state index contributed by atoms with van der Waals surface area (Å²) in [5, 5.41) is 12.6. The van der Waals surface area contributed by atoms with Crippen molar-refractivity contribution in [1.29, 1.82) is 5.26 Å². The number of hydrogen-bond donors (Lipinski definition) is 1. The van der Waals surface area contributed by atoms with E-state index in [-0.39, 0.29) is 12.1 Å². The minimum absolute atomic E-state index is 0.147. The van der Waals surface area contributed by atoms with E-state index in [1.54, 1.807) is 0 Å². The first-order valence-electron chi connectivity index (χ1n) is 7.08. The van der Waals surface area contributed by atoms with Crippen molar-refractivity contribution in [2.24, 2.45) is 0 Å². The summed E-state index contributed by atoms with van der Waals surface area (Å²) < 4.78 is 5.61. The molecule has 0 aliphatic carbocycles. The van der Waals surface area contributed by atoms with Gasteiger partial charge >= 0.3 is 0 Å². The molecule has 0 heterocycles. The van der Waals surface area contributed by atoms with Crippen LogP contribution in [-0.2, 0) is 0 Å². The highest BCUT2D eigenvalue weighted by Gasteiger charge is 2.10. The molecule has 1 N–H and O–H groups in total. The number of anilines is 1. The average Bonchev–Trinajstić information content (AvgIpc) is 2.47. The molecule has 0 spiro atoms. The fourth-order valence-electron chi connectivity index (χ4n) is 2.02. The van der Waals surface area contributed by atoms with Gasteiger partial charge in [0.05, 0.1) is 12.2 Å². The Hall–Kier alpha value is -2.47. The smallest absolute Gasteiger partial charge is 0.140 e. The molecular weight excluding hydrogens is 260 g/mol. The molecule has 21 heavy (non-hydrogen) atoms. The van der Waals surface area contributed by atoms with Crippen molar-refractivity contribution < 1.29 is 4.74 Å². The zero-order valence-electron chi connectivity index (χ0n) is 12.6. The van der Waals surface area contributed by atoms with Crippen molar-refractivity contribution in [2.75, 3.05) is 5.32 Å². The molecule has 3 heteroatoms. The second-order valence-corrected chi connectivity index (χ2v) is 5.31. The van der Waals surface area contributed by atoms with E-state index in [2.05, 4.69) is 11.4 Å². The van der Waals surface area contributed by atoms with E-state index < -0.39 is 0 Å². The summed E-state index contributed by atoms with van der Waals surface area (Å²) in [6, 6.07) is 17.6. The predicted octanol–water partition coefficient (Wildman–Crippen LogP) is 4.46. The lowest BCUT2D eigenvalue weighted by molar-refractivity contribution is 0.242. The van der Waals surface area contributed by atoms with Crippen molar-refractivity contribution in [2.45, 2.75) is 32.9 Å². The lowest BCUT2D eigenvalue weighted by Crippen LogP contribution is -2.09. The lowest BCUT2D eigenvalue weighted by atomic mass is 10.1. The monoisotopic (exact) mass is 280 g/mol. The minimum Gasteiger partial charge on any atom is -0.491 e. The van der Waals surface area contributed by atoms with Gasteiger partial charge in [0.25, 0.3) is 0 Å². The number of aryl methyl sites for hydroxylation is 1. The van der Waals surface area contributed by atoms with Crippen LogP contribution in [-0.4, -0.2) is 6.10 Å². The molecule has 2 aromatic rings. The Morgan fingerprint density at radius 3 is 2.14 bits per heavy atom. The Bertz CT molecular complexity index is 609. The van der Waals surface area contributed by atoms with Crippen LogP contribution < -0.4 is 10.1 Å². The number of nitrogens with one attached hydrogen (secondary N) is 1. The molecule has 0 aliphatic heterocycles. The maximum absolute atomic E-state index is 9.37. The van der Waals surface area contributed by atoms with Gasteiger partial charge < -0.3 is 10.1 Å². The first-order valence-corrected chi connectivity index (χ1v) is 7.08. The van der Waals surface area contributed by atoms with Gasteiger partial charge in [0.1, 0.15) is 11.8 Å². The van der Waals surface area contributed by atoms with Crippen LogP contribution in [0.1, 0.15) is 31.0 Å². The van der Waals surface area contributed by atoms with E-state index in [0.29, 0.717) is 0 Å². The van der Waals surface area contributed by atoms with Gasteiger partial charge in [-0.2, -0.15) is 5.26 Å². The number of ether oxygens (including phenoxy) is 1. The summed E-state index contributed by atoms with van der Waals surface area (Å²) >= 11 is 0. The second-order valence-electron chi connectivity index (χ2n) is 5.31. The van der Waals surface area contributed by atoms with E-state index in [1.165, 1.54) is 5.56 Å². The van der Waals surface area contributed by atoms with Gasteiger partial charge in [-0.15, -0.1) is 0 Å². The Kier molecular flexibility index (Phi) is 4.84. The molecular formula is C18H20N2O. The number of benzene rings is 2. The third-order valence-corrected chi connectivity index (χ3v) is 3.08. The molecule has 1 atom stereocenters. The van der Waals surface area contributed by atoms with E-state index in [4.69, 9.17) is 4.74 Å². The van der Waals surface area contributed by atoms with Crippen molar-refractivity contribution >= 4 is 5.69 Å². The Morgan fingerprint density at radius 2 is 1.62 bits per heavy atom. The standard InChI is InChI=1S/C18H20N2O/c1-13(2)21-17-10-6-15(7-11-17)18(12-19)20-16-8-4-14(3)5-9-16/h4-11,13,18,20H,1-3H3. The quantitative estimate of drug-likeness (QED) is 0.879. The SMILES string of the molecule is Cc1ccc(NC(C#N)c2ccc(OC(C)C)cc2)cc1. The zero-order valence-corrected chi connectivity index (χ0v) is 12.6. The van der Waals surface area contributed by atoms with Gasteiger partial charge in [-0.05, 0) is 50.6 Å². The van der Waals surface area contributed by atoms with Crippen LogP contribution in [0.3, 0.4) is 0 Å². The molecule has 0 radical (unpaired) electrons. The zero-order chi connectivity index (χ0) is 15.2. The highest BCUT2D eigenvalue weighted by atomic mass is 16.5. The highest BCUT2D eigenvalue weighted by molar-refractivity contribution is 5.48. The predicted molar refractivity (Wildman–Crippen MR) is 85.4 cm³/mol. The first-order chi connectivity index (χ1) is 10.1. The second kappa shape index (κ2) is 6.81. The number of nitrogens with zero attached hydrogens (tertiary/aromatic N) is 1. The Labute approximate surface area is 126 Å². The van der Waals surface area contributed by atoms with Crippen molar-refractivity contribution in [3.8, 4) is 11.8 Å². The highest BCUT2D eigenvalue weighted by Crippen LogP contribution is 2.22. The third kappa shape index (κ3) is 4.25. The molecule has 1 unspecified atom stereocenters. The van der Waals surface area contributed by atoms with Crippen LogP contribution in [0.25, 0.3) is 0 Å². The van der Waals surface area contributed by atoms with Gasteiger partial charge in [0.15, 0.2) is 0 Å². The number of hydrogen-bond acceptors (Lipinski definition) is 3. The summed E-state index contributed by atoms with van der Waals surface area (Å²) in [5.41, 5.74) is 3.06. The normalized spacial score (nSPS) is 11.8. The fourth-order valence-corrected chi connectivity index (χ4v) is 2.02. The maximum Gasteiger partial charge on any atom is 0.140 e. The molecule has 0 bridgehead atoms. The van der Waals surface area contributed by atoms with E-state index in [9.17, 15) is 5.26 Å². The van der Waals surface area contributed by atoms with Crippen LogP contribution in [0.2, 0.25) is 0 Å². The molecule has 0 fully saturated rings. The van der Waals surface area contributed by atoms with Gasteiger partial charge in [-0.1, -0.05) is 29.8 Å². The first kappa shape index (κ1) is 14.9. The summed E-state index contributed by atoms with van der Waals surface area (Å²) in [6.07, 6.45) is 0.147. The van der Waals surface area contributed by atoms with E-state index in [0.717, 1.165) is 17.0 Å². The number of rotatable bonds is 5. The van der Waals surface area contributed by atoms with Crippen molar-refractivity contribution in [1.82, 2.24) is 0 Å². The molecule has 0 aliphatic rings. The van der Waals surface area contributed by atoms with Crippen LogP contribution >= 0.6 is 0 Å². The summed E-state index contributed by atoms with van der Waals surface area (Å²) in [4.78, 5) is 0. The lowest BCUT2D eigenvalue weighted by Gasteiger charge is -2.15. The van der Waals surface area contributed by atoms with Crippen molar-refractivity contribution in [3.05, 3.63) is 59.7 Å². The van der Waals surface area contributed by atoms with Crippen molar-refractivity contribution in [3.63, 3.8) is 0 Å². The molecule has 2 rings (SSSR count). The summed E-state index contributed by atoms with van der Waals surface area (Å²) in [7, 11) is 0. The summed E-state index contributed by atoms with van der Waals surface area (Å²) in [6.45, 7) is 6.02. The number of nitriles is 1. The molecule has 0 aromatic heterocycles. The van der Waals surface area contributed by atoms with Gasteiger partial charge in [-0.3, -0.25) is 0 Å². The molecule has 0 saturated heterocycles. The fraction of sp³-hybridized carbons (Fsp3) is 0.278. The van der Waals surface area contributed by atoms with Crippen LogP contribution in [0.15, 0.2) is 48.5 Å². The molecule has 0 saturated carbocycles. The molecule has 0 amide bonds. The largest absolute Gasteiger partial charge is 0.491 e. The topological polar surface area (TPSA) is 45.0 Å². The van der Waals surface area contributed by atoms with Gasteiger partial charge in [0, 0.05) is 5.69 Å². The van der Waals surface area contributed by atoms with Gasteiger partial charge in [-0.25, -0.2) is 0 Å². The van der Waals surface area contributed by atoms with E-state index >= 15 is 0 Å². The Morgan fingerprint density at radius 1 is 1.00 bits per heavy atom. The summed E-state index contributed by atoms with van der Waals surface area (Å²) in [5.74, 6) is 0.820. The van der Waals surface area contributed by atoms with Crippen LogP contribution in [0.4, 0.5) is 5.69 Å². The van der Waals surface area contributed by atoms with Crippen LogP contribution in [0, 0.1) is 18.3 Å². The van der Waals surface area contributed by atoms with Crippen LogP contribution in [0.5, 0.6) is 5.75 Å². The molecule has 108 valence electrons. The Balaban J connectivity index is 2.10. The minimum atomic E-state index is -0.374.